The van der Waals surface area contributed by atoms with E-state index in [0.29, 0.717) is 23.9 Å². The van der Waals surface area contributed by atoms with E-state index in [0.717, 1.165) is 13.1 Å². The zero-order valence-electron chi connectivity index (χ0n) is 15.1. The van der Waals surface area contributed by atoms with Crippen LogP contribution in [0.3, 0.4) is 0 Å². The van der Waals surface area contributed by atoms with Gasteiger partial charge in [-0.1, -0.05) is 30.3 Å². The maximum absolute atomic E-state index is 12.5. The van der Waals surface area contributed by atoms with E-state index in [1.165, 1.54) is 29.8 Å². The molecule has 0 bridgehead atoms. The van der Waals surface area contributed by atoms with Gasteiger partial charge in [0.1, 0.15) is 5.58 Å². The molecule has 0 spiro atoms. The molecule has 142 valence electrons. The minimum Gasteiger partial charge on any atom is -0.423 e. The van der Waals surface area contributed by atoms with Crippen LogP contribution in [0.15, 0.2) is 74.8 Å². The van der Waals surface area contributed by atoms with Crippen molar-refractivity contribution in [2.45, 2.75) is 17.9 Å². The molecule has 0 saturated heterocycles. The summed E-state index contributed by atoms with van der Waals surface area (Å²) in [5.41, 5.74) is 1.13. The topological polar surface area (TPSA) is 79.6 Å². The van der Waals surface area contributed by atoms with Crippen molar-refractivity contribution in [1.29, 1.82) is 0 Å². The van der Waals surface area contributed by atoms with Crippen molar-refractivity contribution in [1.82, 2.24) is 9.62 Å². The summed E-state index contributed by atoms with van der Waals surface area (Å²) in [5, 5.41) is 0.570. The standard InChI is InChI=1S/C20H22N2O4S/c1-22(15-16-6-3-2-4-7-16)13-5-12-21-27(24,25)18-9-10-19-17(14-18)8-11-20(23)26-19/h2-4,6-11,14,21H,5,12-13,15H2,1H3. The lowest BCUT2D eigenvalue weighted by atomic mass is 10.2. The van der Waals surface area contributed by atoms with Crippen LogP contribution < -0.4 is 10.3 Å². The Labute approximate surface area is 158 Å². The first-order valence-corrected chi connectivity index (χ1v) is 10.2. The highest BCUT2D eigenvalue weighted by molar-refractivity contribution is 7.89. The van der Waals surface area contributed by atoms with Gasteiger partial charge in [0.2, 0.25) is 10.0 Å². The lowest BCUT2D eigenvalue weighted by Crippen LogP contribution is -2.28. The molecule has 0 fully saturated rings. The summed E-state index contributed by atoms with van der Waals surface area (Å²) in [7, 11) is -1.59. The van der Waals surface area contributed by atoms with Crippen LogP contribution in [0, 0.1) is 0 Å². The SMILES string of the molecule is CN(CCCNS(=O)(=O)c1ccc2oc(=O)ccc2c1)Cc1ccccc1. The molecule has 0 amide bonds. The number of hydrogen-bond acceptors (Lipinski definition) is 5. The van der Waals surface area contributed by atoms with Gasteiger partial charge in [0, 0.05) is 24.5 Å². The second-order valence-corrected chi connectivity index (χ2v) is 8.20. The van der Waals surface area contributed by atoms with Crippen LogP contribution >= 0.6 is 0 Å². The minimum absolute atomic E-state index is 0.154. The van der Waals surface area contributed by atoms with Gasteiger partial charge in [-0.2, -0.15) is 0 Å². The third kappa shape index (κ3) is 5.26. The van der Waals surface area contributed by atoms with Crippen LogP contribution in [-0.2, 0) is 16.6 Å². The third-order valence-corrected chi connectivity index (χ3v) is 5.66. The number of nitrogens with one attached hydrogen (secondary N) is 1. The Morgan fingerprint density at radius 3 is 2.59 bits per heavy atom. The van der Waals surface area contributed by atoms with Crippen LogP contribution in [0.4, 0.5) is 0 Å². The molecule has 2 aromatic carbocycles. The zero-order chi connectivity index (χ0) is 19.3. The second-order valence-electron chi connectivity index (χ2n) is 6.43. The maximum Gasteiger partial charge on any atom is 0.336 e. The predicted octanol–water partition coefficient (Wildman–Crippen LogP) is 2.59. The van der Waals surface area contributed by atoms with Crippen molar-refractivity contribution < 1.29 is 12.8 Å². The summed E-state index contributed by atoms with van der Waals surface area (Å²) in [5.74, 6) is 0. The van der Waals surface area contributed by atoms with Crippen molar-refractivity contribution in [3.8, 4) is 0 Å². The van der Waals surface area contributed by atoms with E-state index in [9.17, 15) is 13.2 Å². The van der Waals surface area contributed by atoms with Gasteiger partial charge in [-0.05, 0) is 49.8 Å². The number of rotatable bonds is 8. The van der Waals surface area contributed by atoms with Crippen molar-refractivity contribution in [2.24, 2.45) is 0 Å². The minimum atomic E-state index is -3.61. The number of nitrogens with zero attached hydrogens (tertiary/aromatic N) is 1. The normalized spacial score (nSPS) is 11.9. The van der Waals surface area contributed by atoms with Crippen molar-refractivity contribution in [3.63, 3.8) is 0 Å². The molecule has 7 heteroatoms. The van der Waals surface area contributed by atoms with Gasteiger partial charge >= 0.3 is 5.63 Å². The molecule has 0 saturated carbocycles. The van der Waals surface area contributed by atoms with Gasteiger partial charge < -0.3 is 9.32 Å². The van der Waals surface area contributed by atoms with Crippen LogP contribution in [0.5, 0.6) is 0 Å². The third-order valence-electron chi connectivity index (χ3n) is 4.21. The van der Waals surface area contributed by atoms with Crippen LogP contribution in [0.1, 0.15) is 12.0 Å². The smallest absolute Gasteiger partial charge is 0.336 e. The van der Waals surface area contributed by atoms with Gasteiger partial charge in [-0.25, -0.2) is 17.9 Å². The molecule has 1 heterocycles. The fraction of sp³-hybridized carbons (Fsp3) is 0.250. The lowest BCUT2D eigenvalue weighted by Gasteiger charge is -2.16. The maximum atomic E-state index is 12.5. The molecule has 0 aliphatic carbocycles. The molecule has 0 aliphatic heterocycles. The quantitative estimate of drug-likeness (QED) is 0.475. The van der Waals surface area contributed by atoms with Crippen LogP contribution in [-0.4, -0.2) is 33.5 Å². The predicted molar refractivity (Wildman–Crippen MR) is 105 cm³/mol. The highest BCUT2D eigenvalue weighted by Crippen LogP contribution is 2.17. The molecule has 1 N–H and O–H groups in total. The molecule has 27 heavy (non-hydrogen) atoms. The zero-order valence-corrected chi connectivity index (χ0v) is 15.9. The molecular formula is C20H22N2O4S. The molecule has 3 rings (SSSR count). The highest BCUT2D eigenvalue weighted by Gasteiger charge is 2.14. The molecule has 0 aliphatic rings. The second kappa shape index (κ2) is 8.47. The molecule has 3 aromatic rings. The number of benzene rings is 2. The Kier molecular flexibility index (Phi) is 6.05. The van der Waals surface area contributed by atoms with E-state index in [1.807, 2.05) is 25.2 Å². The highest BCUT2D eigenvalue weighted by atomic mass is 32.2. The van der Waals surface area contributed by atoms with Crippen molar-refractivity contribution in [2.75, 3.05) is 20.1 Å². The van der Waals surface area contributed by atoms with Crippen LogP contribution in [0.2, 0.25) is 0 Å². The van der Waals surface area contributed by atoms with E-state index < -0.39 is 15.6 Å². The fourth-order valence-corrected chi connectivity index (χ4v) is 3.94. The summed E-state index contributed by atoms with van der Waals surface area (Å²) in [4.78, 5) is 13.5. The Hall–Kier alpha value is -2.48. The van der Waals surface area contributed by atoms with Gasteiger partial charge in [0.15, 0.2) is 0 Å². The average molecular weight is 386 g/mol. The Bertz CT molecular complexity index is 1060. The van der Waals surface area contributed by atoms with Crippen molar-refractivity contribution in [3.05, 3.63) is 76.6 Å². The van der Waals surface area contributed by atoms with E-state index >= 15 is 0 Å². The Balaban J connectivity index is 1.54. The largest absolute Gasteiger partial charge is 0.423 e. The van der Waals surface area contributed by atoms with Crippen LogP contribution in [0.25, 0.3) is 11.0 Å². The Morgan fingerprint density at radius 1 is 1.04 bits per heavy atom. The molecule has 0 radical (unpaired) electrons. The van der Waals surface area contributed by atoms with E-state index in [1.54, 1.807) is 6.07 Å². The molecule has 0 atom stereocenters. The molecular weight excluding hydrogens is 364 g/mol. The number of sulfonamides is 1. The van der Waals surface area contributed by atoms with Gasteiger partial charge in [-0.3, -0.25) is 0 Å². The summed E-state index contributed by atoms with van der Waals surface area (Å²) in [6.45, 7) is 1.95. The van der Waals surface area contributed by atoms with Gasteiger partial charge in [0.25, 0.3) is 0 Å². The van der Waals surface area contributed by atoms with Gasteiger partial charge in [0.05, 0.1) is 4.90 Å². The van der Waals surface area contributed by atoms with Gasteiger partial charge in [-0.15, -0.1) is 0 Å². The summed E-state index contributed by atoms with van der Waals surface area (Å²) in [6.07, 6.45) is 0.699. The summed E-state index contributed by atoms with van der Waals surface area (Å²) >= 11 is 0. The van der Waals surface area contributed by atoms with E-state index in [4.69, 9.17) is 4.42 Å². The monoisotopic (exact) mass is 386 g/mol. The first-order valence-electron chi connectivity index (χ1n) is 8.70. The summed E-state index contributed by atoms with van der Waals surface area (Å²) in [6, 6.07) is 17.4. The fourth-order valence-electron chi connectivity index (χ4n) is 2.83. The van der Waals surface area contributed by atoms with E-state index in [-0.39, 0.29) is 4.90 Å². The molecule has 1 aromatic heterocycles. The summed E-state index contributed by atoms with van der Waals surface area (Å²) < 4.78 is 32.6. The first kappa shape index (κ1) is 19.3. The number of hydrogen-bond donors (Lipinski definition) is 1. The van der Waals surface area contributed by atoms with Crippen molar-refractivity contribution >= 4 is 21.0 Å². The lowest BCUT2D eigenvalue weighted by molar-refractivity contribution is 0.322. The molecule has 6 nitrogen and oxygen atoms in total. The number of fused-ring (bicyclic) bond motifs is 1. The molecule has 0 unspecified atom stereocenters. The average Bonchev–Trinajstić information content (AvgIpc) is 2.65. The Morgan fingerprint density at radius 2 is 1.81 bits per heavy atom. The first-order chi connectivity index (χ1) is 12.9. The van der Waals surface area contributed by atoms with E-state index in [2.05, 4.69) is 21.8 Å².